The van der Waals surface area contributed by atoms with Crippen molar-refractivity contribution in [2.24, 2.45) is 0 Å². The SMILES string of the molecule is O=C(Nc1ccccc1NC(=O)c1ccccc1Br)c1cccnc1. The van der Waals surface area contributed by atoms with E-state index in [1.54, 1.807) is 60.8 Å². The third-order valence-corrected chi connectivity index (χ3v) is 4.16. The Morgan fingerprint density at radius 1 is 0.800 bits per heavy atom. The summed E-state index contributed by atoms with van der Waals surface area (Å²) in [4.78, 5) is 28.7. The molecule has 0 atom stereocenters. The zero-order valence-electron chi connectivity index (χ0n) is 13.1. The van der Waals surface area contributed by atoms with E-state index in [2.05, 4.69) is 31.5 Å². The number of amides is 2. The average molecular weight is 396 g/mol. The highest BCUT2D eigenvalue weighted by Gasteiger charge is 2.13. The fourth-order valence-electron chi connectivity index (χ4n) is 2.23. The number of anilines is 2. The molecule has 0 spiro atoms. The molecule has 0 saturated heterocycles. The lowest BCUT2D eigenvalue weighted by atomic mass is 10.2. The van der Waals surface area contributed by atoms with Crippen LogP contribution in [-0.4, -0.2) is 16.8 Å². The van der Waals surface area contributed by atoms with Crippen molar-refractivity contribution < 1.29 is 9.59 Å². The highest BCUT2D eigenvalue weighted by atomic mass is 79.9. The molecule has 3 aromatic rings. The van der Waals surface area contributed by atoms with E-state index in [4.69, 9.17) is 0 Å². The molecule has 1 heterocycles. The first-order valence-corrected chi connectivity index (χ1v) is 8.31. The summed E-state index contributed by atoms with van der Waals surface area (Å²) in [6.45, 7) is 0. The second kappa shape index (κ2) is 7.72. The first-order chi connectivity index (χ1) is 12.1. The van der Waals surface area contributed by atoms with E-state index in [9.17, 15) is 9.59 Å². The van der Waals surface area contributed by atoms with Crippen LogP contribution in [0.4, 0.5) is 11.4 Å². The van der Waals surface area contributed by atoms with Crippen LogP contribution in [0.25, 0.3) is 0 Å². The Morgan fingerprint density at radius 2 is 1.44 bits per heavy atom. The molecule has 6 heteroatoms. The molecular weight excluding hydrogens is 382 g/mol. The number of carbonyl (C=O) groups excluding carboxylic acids is 2. The summed E-state index contributed by atoms with van der Waals surface area (Å²) in [7, 11) is 0. The standard InChI is InChI=1S/C19H14BrN3O2/c20-15-8-2-1-7-14(15)19(25)23-17-10-4-3-9-16(17)22-18(24)13-6-5-11-21-12-13/h1-12H,(H,22,24)(H,23,25). The Kier molecular flexibility index (Phi) is 5.20. The van der Waals surface area contributed by atoms with Crippen LogP contribution in [-0.2, 0) is 0 Å². The van der Waals surface area contributed by atoms with Crippen LogP contribution in [0.1, 0.15) is 20.7 Å². The van der Waals surface area contributed by atoms with Crippen molar-refractivity contribution in [2.45, 2.75) is 0 Å². The van der Waals surface area contributed by atoms with Crippen molar-refractivity contribution in [3.8, 4) is 0 Å². The summed E-state index contributed by atoms with van der Waals surface area (Å²) in [5.74, 6) is -0.564. The van der Waals surface area contributed by atoms with Crippen molar-refractivity contribution >= 4 is 39.1 Å². The molecule has 0 radical (unpaired) electrons. The van der Waals surface area contributed by atoms with Crippen molar-refractivity contribution in [1.82, 2.24) is 4.98 Å². The molecule has 0 aliphatic heterocycles. The number of carbonyl (C=O) groups is 2. The lowest BCUT2D eigenvalue weighted by Gasteiger charge is -2.13. The number of aromatic nitrogens is 1. The monoisotopic (exact) mass is 395 g/mol. The van der Waals surface area contributed by atoms with Crippen LogP contribution in [0.3, 0.4) is 0 Å². The van der Waals surface area contributed by atoms with Gasteiger partial charge in [-0.05, 0) is 52.3 Å². The number of benzene rings is 2. The number of para-hydroxylation sites is 2. The molecule has 0 saturated carbocycles. The molecule has 0 bridgehead atoms. The average Bonchev–Trinajstić information content (AvgIpc) is 2.64. The van der Waals surface area contributed by atoms with Gasteiger partial charge < -0.3 is 10.6 Å². The molecule has 2 aromatic carbocycles. The first-order valence-electron chi connectivity index (χ1n) is 7.51. The maximum Gasteiger partial charge on any atom is 0.257 e. The number of hydrogen-bond donors (Lipinski definition) is 2. The van der Waals surface area contributed by atoms with Gasteiger partial charge >= 0.3 is 0 Å². The molecule has 2 N–H and O–H groups in total. The van der Waals surface area contributed by atoms with Gasteiger partial charge in [0.1, 0.15) is 0 Å². The van der Waals surface area contributed by atoms with Gasteiger partial charge in [0.2, 0.25) is 0 Å². The highest BCUT2D eigenvalue weighted by Crippen LogP contribution is 2.24. The number of halogens is 1. The van der Waals surface area contributed by atoms with Crippen LogP contribution in [0.15, 0.2) is 77.5 Å². The van der Waals surface area contributed by atoms with Crippen molar-refractivity contribution in [3.05, 3.63) is 88.7 Å². The van der Waals surface area contributed by atoms with E-state index in [1.807, 2.05) is 6.07 Å². The largest absolute Gasteiger partial charge is 0.320 e. The Balaban J connectivity index is 1.81. The summed E-state index contributed by atoms with van der Waals surface area (Å²) in [6.07, 6.45) is 3.08. The van der Waals surface area contributed by atoms with Gasteiger partial charge in [-0.25, -0.2) is 0 Å². The van der Waals surface area contributed by atoms with Gasteiger partial charge in [-0.15, -0.1) is 0 Å². The lowest BCUT2D eigenvalue weighted by Crippen LogP contribution is -2.17. The topological polar surface area (TPSA) is 71.1 Å². The van der Waals surface area contributed by atoms with E-state index in [0.717, 1.165) is 0 Å². The Labute approximate surface area is 153 Å². The summed E-state index contributed by atoms with van der Waals surface area (Å²) >= 11 is 3.36. The zero-order valence-corrected chi connectivity index (χ0v) is 14.7. The lowest BCUT2D eigenvalue weighted by molar-refractivity contribution is 0.101. The number of nitrogens with zero attached hydrogens (tertiary/aromatic N) is 1. The van der Waals surface area contributed by atoms with Gasteiger partial charge in [0.05, 0.1) is 22.5 Å². The molecular formula is C19H14BrN3O2. The molecule has 0 aliphatic rings. The number of hydrogen-bond acceptors (Lipinski definition) is 3. The Hall–Kier alpha value is -2.99. The zero-order chi connectivity index (χ0) is 17.6. The first kappa shape index (κ1) is 16.9. The van der Waals surface area contributed by atoms with Crippen LogP contribution >= 0.6 is 15.9 Å². The summed E-state index contributed by atoms with van der Waals surface area (Å²) in [6, 6.07) is 17.5. The fourth-order valence-corrected chi connectivity index (χ4v) is 2.69. The minimum absolute atomic E-state index is 0.268. The van der Waals surface area contributed by atoms with Crippen LogP contribution in [0, 0.1) is 0 Å². The van der Waals surface area contributed by atoms with E-state index < -0.39 is 0 Å². The third-order valence-electron chi connectivity index (χ3n) is 3.47. The maximum absolute atomic E-state index is 12.5. The van der Waals surface area contributed by atoms with Gasteiger partial charge in [-0.1, -0.05) is 24.3 Å². The predicted octanol–water partition coefficient (Wildman–Crippen LogP) is 4.35. The second-order valence-corrected chi connectivity index (χ2v) is 6.03. The van der Waals surface area contributed by atoms with Gasteiger partial charge in [-0.3, -0.25) is 14.6 Å². The van der Waals surface area contributed by atoms with E-state index in [-0.39, 0.29) is 11.8 Å². The van der Waals surface area contributed by atoms with Gasteiger partial charge in [0.25, 0.3) is 11.8 Å². The van der Waals surface area contributed by atoms with E-state index in [0.29, 0.717) is 27.0 Å². The molecule has 0 fully saturated rings. The highest BCUT2D eigenvalue weighted by molar-refractivity contribution is 9.10. The van der Waals surface area contributed by atoms with Gasteiger partial charge in [0.15, 0.2) is 0 Å². The van der Waals surface area contributed by atoms with Crippen LogP contribution in [0.5, 0.6) is 0 Å². The van der Waals surface area contributed by atoms with E-state index in [1.165, 1.54) is 6.20 Å². The van der Waals surface area contributed by atoms with Crippen LogP contribution in [0.2, 0.25) is 0 Å². The molecule has 1 aromatic heterocycles. The molecule has 5 nitrogen and oxygen atoms in total. The van der Waals surface area contributed by atoms with E-state index >= 15 is 0 Å². The molecule has 0 unspecified atom stereocenters. The number of rotatable bonds is 4. The molecule has 0 aliphatic carbocycles. The number of nitrogens with one attached hydrogen (secondary N) is 2. The second-order valence-electron chi connectivity index (χ2n) is 5.18. The molecule has 2 amide bonds. The van der Waals surface area contributed by atoms with Crippen molar-refractivity contribution in [2.75, 3.05) is 10.6 Å². The number of pyridine rings is 1. The Bertz CT molecular complexity index is 913. The van der Waals surface area contributed by atoms with Crippen LogP contribution < -0.4 is 10.6 Å². The third kappa shape index (κ3) is 4.10. The minimum atomic E-state index is -0.296. The van der Waals surface area contributed by atoms with Crippen molar-refractivity contribution in [3.63, 3.8) is 0 Å². The smallest absolute Gasteiger partial charge is 0.257 e. The maximum atomic E-state index is 12.5. The van der Waals surface area contributed by atoms with Gasteiger partial charge in [-0.2, -0.15) is 0 Å². The quantitative estimate of drug-likeness (QED) is 0.689. The summed E-state index contributed by atoms with van der Waals surface area (Å²) < 4.78 is 0.698. The minimum Gasteiger partial charge on any atom is -0.320 e. The normalized spacial score (nSPS) is 10.1. The van der Waals surface area contributed by atoms with Crippen molar-refractivity contribution in [1.29, 1.82) is 0 Å². The molecule has 25 heavy (non-hydrogen) atoms. The molecule has 124 valence electrons. The predicted molar refractivity (Wildman–Crippen MR) is 101 cm³/mol. The summed E-state index contributed by atoms with van der Waals surface area (Å²) in [5.41, 5.74) is 1.97. The molecule has 3 rings (SSSR count). The Morgan fingerprint density at radius 3 is 2.08 bits per heavy atom. The van der Waals surface area contributed by atoms with Gasteiger partial charge in [0, 0.05) is 16.9 Å². The summed E-state index contributed by atoms with van der Waals surface area (Å²) in [5, 5.41) is 5.62. The fraction of sp³-hybridized carbons (Fsp3) is 0.